The Morgan fingerprint density at radius 3 is 2.07 bits per heavy atom. The van der Waals surface area contributed by atoms with Crippen molar-refractivity contribution in [2.75, 3.05) is 10.8 Å². The van der Waals surface area contributed by atoms with Crippen LogP contribution in [0.25, 0.3) is 0 Å². The Bertz CT molecular complexity index is 1700. The highest BCUT2D eigenvalue weighted by atomic mass is 35.5. The number of nitrogens with one attached hydrogen (secondary N) is 1. The molecular weight excluding hydrogens is 617 g/mol. The summed E-state index contributed by atoms with van der Waals surface area (Å²) in [6.45, 7) is 4.84. The van der Waals surface area contributed by atoms with Crippen molar-refractivity contribution in [2.45, 2.75) is 50.7 Å². The number of halogens is 2. The van der Waals surface area contributed by atoms with E-state index in [0.717, 1.165) is 9.87 Å². The van der Waals surface area contributed by atoms with Crippen LogP contribution in [0.2, 0.25) is 10.0 Å². The molecule has 0 saturated heterocycles. The minimum atomic E-state index is -4.21. The molecule has 0 aliphatic rings. The van der Waals surface area contributed by atoms with Crippen molar-refractivity contribution >= 4 is 50.7 Å². The van der Waals surface area contributed by atoms with Crippen LogP contribution in [0.5, 0.6) is 0 Å². The van der Waals surface area contributed by atoms with E-state index < -0.39 is 28.5 Å². The van der Waals surface area contributed by atoms with Gasteiger partial charge in [0, 0.05) is 29.1 Å². The number of nitrogens with zero attached hydrogens (tertiary/aromatic N) is 2. The SMILES string of the molecule is Cc1cc(Cl)ccc1N(CC(=O)N(Cc1ccccc1Cl)C(Cc1ccccc1)C(=O)NC(C)C)S(=O)(=O)c1ccccc1. The lowest BCUT2D eigenvalue weighted by Gasteiger charge is -2.34. The third-order valence-electron chi connectivity index (χ3n) is 7.04. The number of aryl methyl sites for hydroxylation is 1. The highest BCUT2D eigenvalue weighted by Gasteiger charge is 2.35. The van der Waals surface area contributed by atoms with E-state index in [1.165, 1.54) is 17.0 Å². The van der Waals surface area contributed by atoms with Crippen LogP contribution in [-0.2, 0) is 32.6 Å². The number of anilines is 1. The van der Waals surface area contributed by atoms with Gasteiger partial charge in [0.2, 0.25) is 11.8 Å². The van der Waals surface area contributed by atoms with Crippen LogP contribution in [-0.4, -0.2) is 43.8 Å². The summed E-state index contributed by atoms with van der Waals surface area (Å²) in [7, 11) is -4.21. The molecule has 0 bridgehead atoms. The Morgan fingerprint density at radius 2 is 1.45 bits per heavy atom. The first-order valence-electron chi connectivity index (χ1n) is 14.2. The maximum absolute atomic E-state index is 14.5. The van der Waals surface area contributed by atoms with E-state index >= 15 is 0 Å². The monoisotopic (exact) mass is 651 g/mol. The van der Waals surface area contributed by atoms with Gasteiger partial charge >= 0.3 is 0 Å². The van der Waals surface area contributed by atoms with Gasteiger partial charge in [-0.3, -0.25) is 13.9 Å². The third kappa shape index (κ3) is 8.20. The molecule has 0 heterocycles. The van der Waals surface area contributed by atoms with E-state index in [9.17, 15) is 18.0 Å². The van der Waals surface area contributed by atoms with Crippen molar-refractivity contribution in [1.29, 1.82) is 0 Å². The maximum atomic E-state index is 14.5. The number of hydrogen-bond donors (Lipinski definition) is 1. The summed E-state index contributed by atoms with van der Waals surface area (Å²) in [5.74, 6) is -0.928. The minimum Gasteiger partial charge on any atom is -0.352 e. The van der Waals surface area contributed by atoms with Gasteiger partial charge in [-0.25, -0.2) is 8.42 Å². The second-order valence-corrected chi connectivity index (χ2v) is 13.4. The molecule has 4 aromatic carbocycles. The zero-order chi connectivity index (χ0) is 31.9. The molecule has 0 radical (unpaired) electrons. The van der Waals surface area contributed by atoms with Crippen LogP contribution >= 0.6 is 23.2 Å². The second-order valence-electron chi connectivity index (χ2n) is 10.7. The largest absolute Gasteiger partial charge is 0.352 e. The lowest BCUT2D eigenvalue weighted by Crippen LogP contribution is -2.54. The van der Waals surface area contributed by atoms with E-state index in [4.69, 9.17) is 23.2 Å². The quantitative estimate of drug-likeness (QED) is 0.186. The summed E-state index contributed by atoms with van der Waals surface area (Å²) in [6, 6.07) is 28.0. The summed E-state index contributed by atoms with van der Waals surface area (Å²) in [6.07, 6.45) is 0.209. The molecule has 4 rings (SSSR count). The first kappa shape index (κ1) is 33.1. The van der Waals surface area contributed by atoms with E-state index in [-0.39, 0.29) is 29.8 Å². The van der Waals surface area contributed by atoms with Gasteiger partial charge < -0.3 is 10.2 Å². The van der Waals surface area contributed by atoms with Crippen LogP contribution in [0.3, 0.4) is 0 Å². The summed E-state index contributed by atoms with van der Waals surface area (Å²) in [4.78, 5) is 29.7. The predicted molar refractivity (Wildman–Crippen MR) is 176 cm³/mol. The number of rotatable bonds is 12. The molecular formula is C34H35Cl2N3O4S. The number of benzene rings is 4. The average molecular weight is 653 g/mol. The molecule has 1 atom stereocenters. The van der Waals surface area contributed by atoms with E-state index in [2.05, 4.69) is 5.32 Å². The molecule has 44 heavy (non-hydrogen) atoms. The second kappa shape index (κ2) is 14.8. The average Bonchev–Trinajstić information content (AvgIpc) is 2.99. The molecule has 1 unspecified atom stereocenters. The Hall–Kier alpha value is -3.85. The van der Waals surface area contributed by atoms with E-state index in [1.807, 2.05) is 44.2 Å². The molecule has 1 N–H and O–H groups in total. The fraction of sp³-hybridized carbons (Fsp3) is 0.235. The van der Waals surface area contributed by atoms with Crippen molar-refractivity contribution in [3.05, 3.63) is 130 Å². The Labute approximate surface area is 269 Å². The van der Waals surface area contributed by atoms with Crippen LogP contribution in [0.1, 0.15) is 30.5 Å². The summed E-state index contributed by atoms with van der Waals surface area (Å²) >= 11 is 12.7. The normalized spacial score (nSPS) is 12.0. The molecule has 7 nitrogen and oxygen atoms in total. The van der Waals surface area contributed by atoms with E-state index in [1.54, 1.807) is 67.6 Å². The van der Waals surface area contributed by atoms with Crippen LogP contribution in [0, 0.1) is 6.92 Å². The first-order chi connectivity index (χ1) is 21.0. The van der Waals surface area contributed by atoms with Crippen LogP contribution in [0.4, 0.5) is 5.69 Å². The molecule has 230 valence electrons. The van der Waals surface area contributed by atoms with Gasteiger partial charge in [-0.15, -0.1) is 0 Å². The number of carbonyl (C=O) groups is 2. The van der Waals surface area contributed by atoms with Crippen molar-refractivity contribution in [2.24, 2.45) is 0 Å². The summed E-state index contributed by atoms with van der Waals surface area (Å²) < 4.78 is 29.3. The van der Waals surface area contributed by atoms with Gasteiger partial charge in [0.1, 0.15) is 12.6 Å². The molecule has 0 aromatic heterocycles. The molecule has 0 fully saturated rings. The Balaban J connectivity index is 1.83. The number of carbonyl (C=O) groups excluding carboxylic acids is 2. The van der Waals surface area contributed by atoms with Crippen LogP contribution in [0.15, 0.2) is 108 Å². The standard InChI is InChI=1S/C34H35Cl2N3O4S/c1-24(2)37-34(41)32(21-26-12-6-4-7-13-26)38(22-27-14-10-11-17-30(27)36)33(40)23-39(31-19-18-28(35)20-25(31)3)44(42,43)29-15-8-5-9-16-29/h4-20,24,32H,21-23H2,1-3H3,(H,37,41). The molecule has 2 amide bonds. The lowest BCUT2D eigenvalue weighted by atomic mass is 10.0. The topological polar surface area (TPSA) is 86.8 Å². The van der Waals surface area contributed by atoms with Gasteiger partial charge in [-0.2, -0.15) is 0 Å². The fourth-order valence-corrected chi connectivity index (χ4v) is 6.80. The Morgan fingerprint density at radius 1 is 0.841 bits per heavy atom. The van der Waals surface area contributed by atoms with Crippen molar-refractivity contribution in [1.82, 2.24) is 10.2 Å². The molecule has 0 aliphatic carbocycles. The fourth-order valence-electron chi connectivity index (χ4n) is 4.88. The smallest absolute Gasteiger partial charge is 0.264 e. The molecule has 0 saturated carbocycles. The maximum Gasteiger partial charge on any atom is 0.264 e. The van der Waals surface area contributed by atoms with Crippen molar-refractivity contribution < 1.29 is 18.0 Å². The zero-order valence-electron chi connectivity index (χ0n) is 24.8. The van der Waals surface area contributed by atoms with Gasteiger partial charge in [-0.05, 0) is 73.9 Å². The summed E-state index contributed by atoms with van der Waals surface area (Å²) in [5, 5.41) is 3.80. The van der Waals surface area contributed by atoms with Crippen molar-refractivity contribution in [3.63, 3.8) is 0 Å². The van der Waals surface area contributed by atoms with Gasteiger partial charge in [0.25, 0.3) is 10.0 Å². The van der Waals surface area contributed by atoms with Crippen LogP contribution < -0.4 is 9.62 Å². The zero-order valence-corrected chi connectivity index (χ0v) is 27.1. The van der Waals surface area contributed by atoms with Crippen molar-refractivity contribution in [3.8, 4) is 0 Å². The lowest BCUT2D eigenvalue weighted by molar-refractivity contribution is -0.140. The molecule has 0 aliphatic heterocycles. The molecule has 0 spiro atoms. The van der Waals surface area contributed by atoms with Gasteiger partial charge in [0.05, 0.1) is 10.6 Å². The van der Waals surface area contributed by atoms with Gasteiger partial charge in [-0.1, -0.05) is 89.9 Å². The molecule has 4 aromatic rings. The highest BCUT2D eigenvalue weighted by Crippen LogP contribution is 2.30. The Kier molecular flexibility index (Phi) is 11.1. The first-order valence-corrected chi connectivity index (χ1v) is 16.4. The van der Waals surface area contributed by atoms with Gasteiger partial charge in [0.15, 0.2) is 0 Å². The summed E-state index contributed by atoms with van der Waals surface area (Å²) in [5.41, 5.74) is 2.34. The number of sulfonamides is 1. The number of hydrogen-bond acceptors (Lipinski definition) is 4. The number of amides is 2. The minimum absolute atomic E-state index is 0.0135. The highest BCUT2D eigenvalue weighted by molar-refractivity contribution is 7.92. The molecule has 10 heteroatoms. The predicted octanol–water partition coefficient (Wildman–Crippen LogP) is 6.66. The van der Waals surface area contributed by atoms with E-state index in [0.29, 0.717) is 26.9 Å². The third-order valence-corrected chi connectivity index (χ3v) is 9.42.